The number of hydrogen-bond donors (Lipinski definition) is 2. The second-order valence-corrected chi connectivity index (χ2v) is 1.88. The zero-order valence-corrected chi connectivity index (χ0v) is 5.98. The van der Waals surface area contributed by atoms with Gasteiger partial charge < -0.3 is 10.5 Å². The molecule has 3 N–H and O–H groups in total. The Balaban J connectivity index is 3.27. The molecule has 0 aromatic rings. The first-order valence-corrected chi connectivity index (χ1v) is 2.89. The Morgan fingerprint density at radius 2 is 2.44 bits per heavy atom. The molecule has 0 bridgehead atoms. The minimum atomic E-state index is -0.0579. The fraction of sp³-hybridized carbons (Fsp3) is 0.667. The fourth-order valence-corrected chi connectivity index (χ4v) is 0.315. The lowest BCUT2D eigenvalue weighted by atomic mass is 10.3. The van der Waals surface area contributed by atoms with Gasteiger partial charge in [0, 0.05) is 5.70 Å². The van der Waals surface area contributed by atoms with Crippen molar-refractivity contribution in [2.75, 3.05) is 13.8 Å². The summed E-state index contributed by atoms with van der Waals surface area (Å²) in [5.74, 6) is 0. The third kappa shape index (κ3) is 4.00. The summed E-state index contributed by atoms with van der Waals surface area (Å²) < 4.78 is 5.12. The molecule has 0 radical (unpaired) electrons. The van der Waals surface area contributed by atoms with Gasteiger partial charge in [-0.1, -0.05) is 6.58 Å². The van der Waals surface area contributed by atoms with Crippen molar-refractivity contribution in [1.82, 2.24) is 5.32 Å². The molecule has 0 aliphatic carbocycles. The minimum Gasteiger partial charge on any atom is -0.400 e. The maximum atomic E-state index is 5.33. The maximum absolute atomic E-state index is 5.33. The molecule has 0 rings (SSSR count). The molecule has 1 unspecified atom stereocenters. The van der Waals surface area contributed by atoms with E-state index in [1.54, 1.807) is 0 Å². The highest BCUT2D eigenvalue weighted by molar-refractivity contribution is 4.93. The van der Waals surface area contributed by atoms with Crippen LogP contribution < -0.4 is 11.1 Å². The molecule has 0 aliphatic rings. The summed E-state index contributed by atoms with van der Waals surface area (Å²) in [5, 5.41) is 2.83. The van der Waals surface area contributed by atoms with Crippen molar-refractivity contribution >= 4 is 0 Å². The average molecular weight is 130 g/mol. The number of nitrogens with one attached hydrogen (secondary N) is 1. The van der Waals surface area contributed by atoms with E-state index in [0.717, 1.165) is 0 Å². The van der Waals surface area contributed by atoms with Gasteiger partial charge in [0.1, 0.15) is 0 Å². The second-order valence-electron chi connectivity index (χ2n) is 1.88. The highest BCUT2D eigenvalue weighted by atomic mass is 16.5. The third-order valence-corrected chi connectivity index (χ3v) is 1.000. The van der Waals surface area contributed by atoms with Crippen LogP contribution in [0.1, 0.15) is 6.92 Å². The van der Waals surface area contributed by atoms with Gasteiger partial charge in [0.05, 0.1) is 12.8 Å². The Kier molecular flexibility index (Phi) is 4.09. The molecule has 54 valence electrons. The monoisotopic (exact) mass is 130 g/mol. The van der Waals surface area contributed by atoms with Gasteiger partial charge in [-0.2, -0.15) is 0 Å². The van der Waals surface area contributed by atoms with Gasteiger partial charge in [-0.15, -0.1) is 0 Å². The van der Waals surface area contributed by atoms with Gasteiger partial charge >= 0.3 is 0 Å². The van der Waals surface area contributed by atoms with E-state index in [2.05, 4.69) is 11.9 Å². The summed E-state index contributed by atoms with van der Waals surface area (Å²) in [5.41, 5.74) is 5.89. The highest BCUT2D eigenvalue weighted by Crippen LogP contribution is 1.94. The largest absolute Gasteiger partial charge is 0.400 e. The molecule has 3 heteroatoms. The Labute approximate surface area is 55.9 Å². The standard InChI is InChI=1S/C6H14N2O/c1-5(7)6(2)9-4-8-3/h6,8H,1,4,7H2,2-3H3. The zero-order chi connectivity index (χ0) is 7.28. The van der Waals surface area contributed by atoms with E-state index in [-0.39, 0.29) is 6.10 Å². The van der Waals surface area contributed by atoms with Crippen LogP contribution in [0.2, 0.25) is 0 Å². The molecular formula is C6H14N2O. The van der Waals surface area contributed by atoms with Crippen molar-refractivity contribution < 1.29 is 4.74 Å². The molecule has 0 fully saturated rings. The van der Waals surface area contributed by atoms with Crippen molar-refractivity contribution in [3.8, 4) is 0 Å². The number of rotatable bonds is 4. The number of hydrogen-bond acceptors (Lipinski definition) is 3. The fourth-order valence-electron chi connectivity index (χ4n) is 0.315. The molecule has 0 aromatic heterocycles. The SMILES string of the molecule is C=C(N)C(C)OCNC. The van der Waals surface area contributed by atoms with Crippen LogP contribution in [-0.2, 0) is 4.74 Å². The minimum absolute atomic E-state index is 0.0579. The van der Waals surface area contributed by atoms with Gasteiger partial charge in [-0.25, -0.2) is 0 Å². The summed E-state index contributed by atoms with van der Waals surface area (Å²) in [6, 6.07) is 0. The second kappa shape index (κ2) is 4.35. The smallest absolute Gasteiger partial charge is 0.0971 e. The van der Waals surface area contributed by atoms with Gasteiger partial charge in [-0.05, 0) is 14.0 Å². The first-order valence-electron chi connectivity index (χ1n) is 2.89. The van der Waals surface area contributed by atoms with Gasteiger partial charge in [0.25, 0.3) is 0 Å². The van der Waals surface area contributed by atoms with E-state index in [1.807, 2.05) is 14.0 Å². The van der Waals surface area contributed by atoms with Crippen molar-refractivity contribution in [1.29, 1.82) is 0 Å². The predicted octanol–water partition coefficient (Wildman–Crippen LogP) is 0.0408. The summed E-state index contributed by atoms with van der Waals surface area (Å²) in [4.78, 5) is 0. The Morgan fingerprint density at radius 3 is 2.78 bits per heavy atom. The van der Waals surface area contributed by atoms with Crippen LogP contribution >= 0.6 is 0 Å². The quantitative estimate of drug-likeness (QED) is 0.528. The van der Waals surface area contributed by atoms with Crippen LogP contribution in [0.4, 0.5) is 0 Å². The molecule has 0 aromatic carbocycles. The van der Waals surface area contributed by atoms with Crippen LogP contribution in [0.5, 0.6) is 0 Å². The summed E-state index contributed by atoms with van der Waals surface area (Å²) >= 11 is 0. The lowest BCUT2D eigenvalue weighted by Crippen LogP contribution is -2.22. The van der Waals surface area contributed by atoms with Crippen LogP contribution in [0.25, 0.3) is 0 Å². The van der Waals surface area contributed by atoms with Crippen molar-refractivity contribution in [3.05, 3.63) is 12.3 Å². The van der Waals surface area contributed by atoms with Gasteiger partial charge in [0.2, 0.25) is 0 Å². The lowest BCUT2D eigenvalue weighted by molar-refractivity contribution is 0.0786. The molecule has 0 spiro atoms. The van der Waals surface area contributed by atoms with Crippen LogP contribution in [0, 0.1) is 0 Å². The predicted molar refractivity (Wildman–Crippen MR) is 37.8 cm³/mol. The van der Waals surface area contributed by atoms with E-state index in [0.29, 0.717) is 12.4 Å². The van der Waals surface area contributed by atoms with Crippen molar-refractivity contribution in [3.63, 3.8) is 0 Å². The van der Waals surface area contributed by atoms with Gasteiger partial charge in [-0.3, -0.25) is 5.32 Å². The van der Waals surface area contributed by atoms with Crippen molar-refractivity contribution in [2.24, 2.45) is 5.73 Å². The highest BCUT2D eigenvalue weighted by Gasteiger charge is 1.99. The molecule has 3 nitrogen and oxygen atoms in total. The average Bonchev–Trinajstić information content (AvgIpc) is 1.82. The molecule has 9 heavy (non-hydrogen) atoms. The third-order valence-electron chi connectivity index (χ3n) is 1.000. The van der Waals surface area contributed by atoms with E-state index >= 15 is 0 Å². The van der Waals surface area contributed by atoms with E-state index < -0.39 is 0 Å². The molecule has 0 aliphatic heterocycles. The first-order chi connectivity index (χ1) is 4.18. The van der Waals surface area contributed by atoms with E-state index in [1.165, 1.54) is 0 Å². The topological polar surface area (TPSA) is 47.3 Å². The molecule has 1 atom stereocenters. The maximum Gasteiger partial charge on any atom is 0.0971 e. The summed E-state index contributed by atoms with van der Waals surface area (Å²) in [7, 11) is 1.81. The van der Waals surface area contributed by atoms with E-state index in [9.17, 15) is 0 Å². The zero-order valence-electron chi connectivity index (χ0n) is 5.98. The molecule has 0 saturated carbocycles. The van der Waals surface area contributed by atoms with E-state index in [4.69, 9.17) is 10.5 Å². The van der Waals surface area contributed by atoms with Crippen LogP contribution in [-0.4, -0.2) is 19.9 Å². The molecule has 0 heterocycles. The first kappa shape index (κ1) is 8.46. The van der Waals surface area contributed by atoms with Crippen LogP contribution in [0.3, 0.4) is 0 Å². The summed E-state index contributed by atoms with van der Waals surface area (Å²) in [6.07, 6.45) is -0.0579. The molecular weight excluding hydrogens is 116 g/mol. The molecule has 0 saturated heterocycles. The Morgan fingerprint density at radius 1 is 1.89 bits per heavy atom. The number of nitrogens with two attached hydrogens (primary N) is 1. The Hall–Kier alpha value is -0.540. The van der Waals surface area contributed by atoms with Crippen molar-refractivity contribution in [2.45, 2.75) is 13.0 Å². The number of ether oxygens (including phenoxy) is 1. The lowest BCUT2D eigenvalue weighted by Gasteiger charge is -2.10. The van der Waals surface area contributed by atoms with Gasteiger partial charge in [0.15, 0.2) is 0 Å². The Bertz CT molecular complexity index is 93.1. The molecule has 0 amide bonds. The van der Waals surface area contributed by atoms with Crippen LogP contribution in [0.15, 0.2) is 12.3 Å². The summed E-state index contributed by atoms with van der Waals surface area (Å²) in [6.45, 7) is 5.91. The normalized spacial score (nSPS) is 13.1.